The van der Waals surface area contributed by atoms with E-state index in [9.17, 15) is 0 Å². The third kappa shape index (κ3) is 5.90. The van der Waals surface area contributed by atoms with E-state index in [1.165, 1.54) is 5.56 Å². The van der Waals surface area contributed by atoms with Crippen molar-refractivity contribution < 1.29 is 9.15 Å². The summed E-state index contributed by atoms with van der Waals surface area (Å²) in [6, 6.07) is 8.69. The number of nitrogens with one attached hydrogen (secondary N) is 1. The predicted molar refractivity (Wildman–Crippen MR) is 90.7 cm³/mol. The molecule has 0 spiro atoms. The molecule has 0 radical (unpaired) electrons. The molecule has 126 valence electrons. The van der Waals surface area contributed by atoms with Gasteiger partial charge in [-0.25, -0.2) is 0 Å². The fourth-order valence-electron chi connectivity index (χ4n) is 2.20. The summed E-state index contributed by atoms with van der Waals surface area (Å²) in [6.07, 6.45) is 2.94. The second kappa shape index (κ2) is 9.15. The van der Waals surface area contributed by atoms with Gasteiger partial charge in [0, 0.05) is 6.54 Å². The standard InChI is InChI=1S/C17H26N4O2/c1-4-12-22-15-10-6-5-8-14(15)9-7-11-18-17-20-19-16(23-17)13-21(2)3/h5-6,8,10H,4,7,9,11-13H2,1-3H3,(H,18,20). The van der Waals surface area contributed by atoms with E-state index in [-0.39, 0.29) is 0 Å². The summed E-state index contributed by atoms with van der Waals surface area (Å²) in [7, 11) is 3.94. The molecule has 23 heavy (non-hydrogen) atoms. The van der Waals surface area contributed by atoms with E-state index in [0.29, 0.717) is 18.5 Å². The van der Waals surface area contributed by atoms with Crippen molar-refractivity contribution in [1.29, 1.82) is 0 Å². The number of aryl methyl sites for hydroxylation is 1. The monoisotopic (exact) mass is 318 g/mol. The van der Waals surface area contributed by atoms with E-state index in [4.69, 9.17) is 9.15 Å². The molecule has 1 aromatic heterocycles. The number of para-hydroxylation sites is 1. The molecule has 0 aliphatic heterocycles. The zero-order chi connectivity index (χ0) is 16.5. The van der Waals surface area contributed by atoms with Crippen molar-refractivity contribution in [3.63, 3.8) is 0 Å². The van der Waals surface area contributed by atoms with Gasteiger partial charge in [-0.05, 0) is 45.0 Å². The molecular formula is C17H26N4O2. The highest BCUT2D eigenvalue weighted by atomic mass is 16.5. The van der Waals surface area contributed by atoms with Crippen molar-refractivity contribution in [1.82, 2.24) is 15.1 Å². The second-order valence-corrected chi connectivity index (χ2v) is 5.73. The number of nitrogens with zero attached hydrogens (tertiary/aromatic N) is 3. The molecule has 1 N–H and O–H groups in total. The first-order valence-electron chi connectivity index (χ1n) is 8.10. The maximum absolute atomic E-state index is 5.78. The smallest absolute Gasteiger partial charge is 0.315 e. The third-order valence-electron chi connectivity index (χ3n) is 3.25. The summed E-state index contributed by atoms with van der Waals surface area (Å²) in [4.78, 5) is 1.99. The van der Waals surface area contributed by atoms with Crippen LogP contribution in [-0.4, -0.2) is 42.3 Å². The molecule has 0 aliphatic carbocycles. The van der Waals surface area contributed by atoms with Crippen molar-refractivity contribution in [3.8, 4) is 5.75 Å². The highest BCUT2D eigenvalue weighted by Gasteiger charge is 2.07. The quantitative estimate of drug-likeness (QED) is 0.680. The zero-order valence-electron chi connectivity index (χ0n) is 14.2. The highest BCUT2D eigenvalue weighted by molar-refractivity contribution is 5.33. The molecular weight excluding hydrogens is 292 g/mol. The van der Waals surface area contributed by atoms with E-state index in [0.717, 1.165) is 38.2 Å². The Balaban J connectivity index is 1.76. The molecule has 0 unspecified atom stereocenters. The van der Waals surface area contributed by atoms with Crippen LogP contribution in [0.2, 0.25) is 0 Å². The molecule has 2 aromatic rings. The fraction of sp³-hybridized carbons (Fsp3) is 0.529. The maximum Gasteiger partial charge on any atom is 0.315 e. The van der Waals surface area contributed by atoms with E-state index < -0.39 is 0 Å². The van der Waals surface area contributed by atoms with Crippen molar-refractivity contribution >= 4 is 6.01 Å². The van der Waals surface area contributed by atoms with Gasteiger partial charge in [-0.1, -0.05) is 30.2 Å². The number of anilines is 1. The zero-order valence-corrected chi connectivity index (χ0v) is 14.2. The van der Waals surface area contributed by atoms with Crippen molar-refractivity contribution in [3.05, 3.63) is 35.7 Å². The van der Waals surface area contributed by atoms with Crippen LogP contribution in [0.5, 0.6) is 5.75 Å². The molecule has 0 saturated carbocycles. The molecule has 6 heteroatoms. The van der Waals surface area contributed by atoms with E-state index in [1.807, 2.05) is 37.2 Å². The maximum atomic E-state index is 5.78. The molecule has 0 fully saturated rings. The van der Waals surface area contributed by atoms with Gasteiger partial charge in [0.1, 0.15) is 5.75 Å². The lowest BCUT2D eigenvalue weighted by Crippen LogP contribution is -2.10. The van der Waals surface area contributed by atoms with Gasteiger partial charge in [0.25, 0.3) is 0 Å². The number of benzene rings is 1. The van der Waals surface area contributed by atoms with Crippen LogP contribution in [0.15, 0.2) is 28.7 Å². The first-order valence-corrected chi connectivity index (χ1v) is 8.10. The minimum Gasteiger partial charge on any atom is -0.493 e. The van der Waals surface area contributed by atoms with Crippen molar-refractivity contribution in [2.24, 2.45) is 0 Å². The lowest BCUT2D eigenvalue weighted by atomic mass is 10.1. The summed E-state index contributed by atoms with van der Waals surface area (Å²) in [5.41, 5.74) is 1.24. The molecule has 6 nitrogen and oxygen atoms in total. The number of ether oxygens (including phenoxy) is 1. The number of hydrogen-bond donors (Lipinski definition) is 1. The Morgan fingerprint density at radius 2 is 2.04 bits per heavy atom. The SMILES string of the molecule is CCCOc1ccccc1CCCNc1nnc(CN(C)C)o1. The van der Waals surface area contributed by atoms with Gasteiger partial charge < -0.3 is 19.4 Å². The second-order valence-electron chi connectivity index (χ2n) is 5.73. The average molecular weight is 318 g/mol. The summed E-state index contributed by atoms with van der Waals surface area (Å²) in [5, 5.41) is 11.2. The Labute approximate surface area is 137 Å². The normalized spacial score (nSPS) is 11.0. The molecule has 0 aliphatic rings. The molecule has 0 amide bonds. The molecule has 0 atom stereocenters. The number of rotatable bonds is 10. The van der Waals surface area contributed by atoms with Crippen molar-refractivity contribution in [2.75, 3.05) is 32.6 Å². The fourth-order valence-corrected chi connectivity index (χ4v) is 2.20. The Bertz CT molecular complexity index is 583. The van der Waals surface area contributed by atoms with Crippen molar-refractivity contribution in [2.45, 2.75) is 32.7 Å². The van der Waals surface area contributed by atoms with Gasteiger partial charge in [0.05, 0.1) is 13.2 Å². The lowest BCUT2D eigenvalue weighted by Gasteiger charge is -2.10. The third-order valence-corrected chi connectivity index (χ3v) is 3.25. The summed E-state index contributed by atoms with van der Waals surface area (Å²) in [6.45, 7) is 4.30. The van der Waals surface area contributed by atoms with Crippen LogP contribution >= 0.6 is 0 Å². The average Bonchev–Trinajstić information content (AvgIpc) is 2.97. The Hall–Kier alpha value is -2.08. The van der Waals surface area contributed by atoms with Crippen LogP contribution in [0, 0.1) is 0 Å². The van der Waals surface area contributed by atoms with Crippen LogP contribution in [0.4, 0.5) is 6.01 Å². The van der Waals surface area contributed by atoms with Gasteiger partial charge in [-0.2, -0.15) is 0 Å². The van der Waals surface area contributed by atoms with Crippen LogP contribution < -0.4 is 10.1 Å². The van der Waals surface area contributed by atoms with E-state index in [1.54, 1.807) is 0 Å². The van der Waals surface area contributed by atoms with Gasteiger partial charge in [0.2, 0.25) is 5.89 Å². The van der Waals surface area contributed by atoms with Gasteiger partial charge in [0.15, 0.2) is 0 Å². The Morgan fingerprint density at radius 3 is 2.83 bits per heavy atom. The summed E-state index contributed by atoms with van der Waals surface area (Å²) in [5.74, 6) is 1.61. The molecule has 2 rings (SSSR count). The topological polar surface area (TPSA) is 63.4 Å². The minimum absolute atomic E-state index is 0.484. The molecule has 1 aromatic carbocycles. The van der Waals surface area contributed by atoms with Crippen LogP contribution in [-0.2, 0) is 13.0 Å². The molecule has 1 heterocycles. The first kappa shape index (κ1) is 17.3. The minimum atomic E-state index is 0.484. The van der Waals surface area contributed by atoms with Crippen LogP contribution in [0.1, 0.15) is 31.2 Å². The predicted octanol–water partition coefficient (Wildman–Crippen LogP) is 2.96. The van der Waals surface area contributed by atoms with E-state index >= 15 is 0 Å². The summed E-state index contributed by atoms with van der Waals surface area (Å²) >= 11 is 0. The van der Waals surface area contributed by atoms with Gasteiger partial charge >= 0.3 is 6.01 Å². The Kier molecular flexibility index (Phi) is 6.87. The number of aromatic nitrogens is 2. The first-order chi connectivity index (χ1) is 11.2. The molecule has 0 saturated heterocycles. The van der Waals surface area contributed by atoms with Gasteiger partial charge in [-0.15, -0.1) is 5.10 Å². The van der Waals surface area contributed by atoms with Crippen LogP contribution in [0.25, 0.3) is 0 Å². The van der Waals surface area contributed by atoms with Crippen LogP contribution in [0.3, 0.4) is 0 Å². The highest BCUT2D eigenvalue weighted by Crippen LogP contribution is 2.19. The molecule has 0 bridgehead atoms. The summed E-state index contributed by atoms with van der Waals surface area (Å²) < 4.78 is 11.3. The Morgan fingerprint density at radius 1 is 1.22 bits per heavy atom. The lowest BCUT2D eigenvalue weighted by molar-refractivity contribution is 0.314. The number of hydrogen-bond acceptors (Lipinski definition) is 6. The van der Waals surface area contributed by atoms with Gasteiger partial charge in [-0.3, -0.25) is 0 Å². The largest absolute Gasteiger partial charge is 0.493 e. The van der Waals surface area contributed by atoms with E-state index in [2.05, 4.69) is 28.5 Å².